The molecule has 1 aliphatic rings. The number of nitrogens with one attached hydrogen (secondary N) is 1. The summed E-state index contributed by atoms with van der Waals surface area (Å²) in [6.45, 7) is 9.34. The molecule has 5 heteroatoms. The molecule has 0 unspecified atom stereocenters. The number of aromatic nitrogens is 1. The van der Waals surface area contributed by atoms with Crippen molar-refractivity contribution >= 4 is 16.8 Å². The minimum Gasteiger partial charge on any atom is -0.497 e. The number of benzene rings is 2. The number of likely N-dealkylation sites (N-methyl/N-ethyl adjacent to an activating group) is 1. The molecular formula is C27H33N3O2. The van der Waals surface area contributed by atoms with Gasteiger partial charge in [0.05, 0.1) is 23.9 Å². The minimum atomic E-state index is -0.0315. The van der Waals surface area contributed by atoms with Gasteiger partial charge < -0.3 is 10.1 Å². The smallest absolute Gasteiger partial charge is 0.252 e. The molecule has 2 aromatic carbocycles. The van der Waals surface area contributed by atoms with Gasteiger partial charge in [-0.3, -0.25) is 9.69 Å². The van der Waals surface area contributed by atoms with Crippen LogP contribution in [0.4, 0.5) is 0 Å². The zero-order valence-corrected chi connectivity index (χ0v) is 19.5. The molecule has 0 saturated carbocycles. The molecule has 2 heterocycles. The van der Waals surface area contributed by atoms with Gasteiger partial charge >= 0.3 is 0 Å². The van der Waals surface area contributed by atoms with E-state index in [-0.39, 0.29) is 5.91 Å². The maximum absolute atomic E-state index is 13.4. The average molecular weight is 432 g/mol. The Morgan fingerprint density at radius 2 is 1.97 bits per heavy atom. The van der Waals surface area contributed by atoms with Crippen molar-refractivity contribution < 1.29 is 9.53 Å². The molecular weight excluding hydrogens is 398 g/mol. The summed E-state index contributed by atoms with van der Waals surface area (Å²) in [5.41, 5.74) is 4.48. The van der Waals surface area contributed by atoms with Gasteiger partial charge in [-0.2, -0.15) is 0 Å². The summed E-state index contributed by atoms with van der Waals surface area (Å²) in [6.07, 6.45) is 2.34. The lowest BCUT2D eigenvalue weighted by molar-refractivity contribution is 0.0943. The first-order chi connectivity index (χ1) is 15.5. The normalized spacial score (nSPS) is 16.6. The summed E-state index contributed by atoms with van der Waals surface area (Å²) in [5.74, 6) is 1.15. The second-order valence-electron chi connectivity index (χ2n) is 8.85. The molecule has 1 saturated heterocycles. The molecule has 3 aromatic rings. The minimum absolute atomic E-state index is 0.0315. The highest BCUT2D eigenvalue weighted by molar-refractivity contribution is 6.07. The Labute approximate surface area is 190 Å². The van der Waals surface area contributed by atoms with Crippen molar-refractivity contribution in [3.05, 3.63) is 59.7 Å². The van der Waals surface area contributed by atoms with Gasteiger partial charge in [0.2, 0.25) is 0 Å². The van der Waals surface area contributed by atoms with Crippen LogP contribution < -0.4 is 10.1 Å². The Morgan fingerprint density at radius 1 is 1.19 bits per heavy atom. The SMILES string of the molecule is CCN1CCC[C@@H]1CNC(=O)c1cc(-c2ccc(OC)cc2)nc2ccc(C(C)C)cc12. The molecule has 168 valence electrons. The van der Waals surface area contributed by atoms with E-state index in [1.807, 2.05) is 36.4 Å². The zero-order valence-electron chi connectivity index (χ0n) is 19.5. The number of nitrogens with zero attached hydrogens (tertiary/aromatic N) is 2. The highest BCUT2D eigenvalue weighted by Crippen LogP contribution is 2.29. The average Bonchev–Trinajstić information content (AvgIpc) is 3.29. The van der Waals surface area contributed by atoms with Gasteiger partial charge in [0.15, 0.2) is 0 Å². The second kappa shape index (κ2) is 9.70. The molecule has 32 heavy (non-hydrogen) atoms. The highest BCUT2D eigenvalue weighted by Gasteiger charge is 2.24. The Bertz CT molecular complexity index is 1090. The number of likely N-dealkylation sites (tertiary alicyclic amines) is 1. The first kappa shape index (κ1) is 22.3. The van der Waals surface area contributed by atoms with Crippen LogP contribution in [0.1, 0.15) is 55.5 Å². The molecule has 0 radical (unpaired) electrons. The predicted octanol–water partition coefficient (Wildman–Crippen LogP) is 5.25. The molecule has 1 aliphatic heterocycles. The number of fused-ring (bicyclic) bond motifs is 1. The third-order valence-electron chi connectivity index (χ3n) is 6.53. The van der Waals surface area contributed by atoms with Gasteiger partial charge in [-0.25, -0.2) is 4.98 Å². The summed E-state index contributed by atoms with van der Waals surface area (Å²) in [5, 5.41) is 4.12. The van der Waals surface area contributed by atoms with Crippen LogP contribution in [0.15, 0.2) is 48.5 Å². The van der Waals surface area contributed by atoms with Crippen molar-refractivity contribution in [2.75, 3.05) is 26.7 Å². The molecule has 5 nitrogen and oxygen atoms in total. The van der Waals surface area contributed by atoms with E-state index in [1.165, 1.54) is 12.0 Å². The van der Waals surface area contributed by atoms with Gasteiger partial charge in [0, 0.05) is 23.5 Å². The third-order valence-corrected chi connectivity index (χ3v) is 6.53. The number of pyridine rings is 1. The Hall–Kier alpha value is -2.92. The number of carbonyl (C=O) groups excluding carboxylic acids is 1. The standard InChI is InChI=1S/C27H33N3O2/c1-5-30-14-6-7-21(30)17-28-27(31)24-16-26(19-8-11-22(32-4)12-9-19)29-25-13-10-20(18(2)3)15-23(24)25/h8-13,15-16,18,21H,5-7,14,17H2,1-4H3,(H,28,31)/t21-/m1/s1. The lowest BCUT2D eigenvalue weighted by atomic mass is 9.97. The number of ether oxygens (including phenoxy) is 1. The molecule has 0 aliphatic carbocycles. The lowest BCUT2D eigenvalue weighted by Crippen LogP contribution is -2.40. The van der Waals surface area contributed by atoms with Crippen LogP contribution >= 0.6 is 0 Å². The fourth-order valence-electron chi connectivity index (χ4n) is 4.55. The van der Waals surface area contributed by atoms with Crippen LogP contribution in [0.5, 0.6) is 5.75 Å². The van der Waals surface area contributed by atoms with Crippen molar-refractivity contribution in [2.24, 2.45) is 0 Å². The first-order valence-electron chi connectivity index (χ1n) is 11.6. The van der Waals surface area contributed by atoms with Crippen molar-refractivity contribution in [3.63, 3.8) is 0 Å². The van der Waals surface area contributed by atoms with Crippen LogP contribution in [0, 0.1) is 0 Å². The molecule has 1 aromatic heterocycles. The third kappa shape index (κ3) is 4.63. The van der Waals surface area contributed by atoms with Crippen LogP contribution in [-0.4, -0.2) is 48.6 Å². The summed E-state index contributed by atoms with van der Waals surface area (Å²) in [4.78, 5) is 20.7. The molecule has 1 amide bonds. The second-order valence-corrected chi connectivity index (χ2v) is 8.85. The first-order valence-corrected chi connectivity index (χ1v) is 11.6. The van der Waals surface area contributed by atoms with Crippen LogP contribution in [-0.2, 0) is 0 Å². The maximum Gasteiger partial charge on any atom is 0.252 e. The summed E-state index contributed by atoms with van der Waals surface area (Å²) < 4.78 is 5.28. The Morgan fingerprint density at radius 3 is 2.66 bits per heavy atom. The number of carbonyl (C=O) groups is 1. The highest BCUT2D eigenvalue weighted by atomic mass is 16.5. The van der Waals surface area contributed by atoms with Gasteiger partial charge in [-0.15, -0.1) is 0 Å². The largest absolute Gasteiger partial charge is 0.497 e. The molecule has 1 fully saturated rings. The lowest BCUT2D eigenvalue weighted by Gasteiger charge is -2.23. The van der Waals surface area contributed by atoms with Crippen LogP contribution in [0.3, 0.4) is 0 Å². The molecule has 0 spiro atoms. The van der Waals surface area contributed by atoms with E-state index in [1.54, 1.807) is 7.11 Å². The van der Waals surface area contributed by atoms with Crippen molar-refractivity contribution in [1.29, 1.82) is 0 Å². The van der Waals surface area contributed by atoms with Crippen LogP contribution in [0.25, 0.3) is 22.2 Å². The van der Waals surface area contributed by atoms with Gasteiger partial charge in [0.25, 0.3) is 5.91 Å². The van der Waals surface area contributed by atoms with Crippen molar-refractivity contribution in [1.82, 2.24) is 15.2 Å². The fraction of sp³-hybridized carbons (Fsp3) is 0.407. The van der Waals surface area contributed by atoms with E-state index >= 15 is 0 Å². The zero-order chi connectivity index (χ0) is 22.7. The quantitative estimate of drug-likeness (QED) is 0.555. The molecule has 0 bridgehead atoms. The molecule has 1 atom stereocenters. The molecule has 1 N–H and O–H groups in total. The topological polar surface area (TPSA) is 54.5 Å². The van der Waals surface area contributed by atoms with E-state index < -0.39 is 0 Å². The fourth-order valence-corrected chi connectivity index (χ4v) is 4.55. The summed E-state index contributed by atoms with van der Waals surface area (Å²) in [6, 6.07) is 16.4. The van der Waals surface area contributed by atoms with Crippen molar-refractivity contribution in [2.45, 2.75) is 45.6 Å². The van der Waals surface area contributed by atoms with Crippen molar-refractivity contribution in [3.8, 4) is 17.0 Å². The number of hydrogen-bond donors (Lipinski definition) is 1. The van der Waals surface area contributed by atoms with Gasteiger partial charge in [-0.05, 0) is 79.9 Å². The van der Waals surface area contributed by atoms with Gasteiger partial charge in [0.1, 0.15) is 5.75 Å². The molecule has 4 rings (SSSR count). The number of hydrogen-bond acceptors (Lipinski definition) is 4. The summed E-state index contributed by atoms with van der Waals surface area (Å²) >= 11 is 0. The van der Waals surface area contributed by atoms with E-state index in [4.69, 9.17) is 9.72 Å². The van der Waals surface area contributed by atoms with E-state index in [0.29, 0.717) is 24.1 Å². The van der Waals surface area contributed by atoms with E-state index in [2.05, 4.69) is 43.1 Å². The van der Waals surface area contributed by atoms with E-state index in [9.17, 15) is 4.79 Å². The van der Waals surface area contributed by atoms with E-state index in [0.717, 1.165) is 47.4 Å². The number of amides is 1. The maximum atomic E-state index is 13.4. The summed E-state index contributed by atoms with van der Waals surface area (Å²) in [7, 11) is 1.65. The van der Waals surface area contributed by atoms with Crippen LogP contribution in [0.2, 0.25) is 0 Å². The monoisotopic (exact) mass is 431 g/mol. The Kier molecular flexibility index (Phi) is 6.75. The number of rotatable bonds is 7. The van der Waals surface area contributed by atoms with Gasteiger partial charge in [-0.1, -0.05) is 26.8 Å². The number of methoxy groups -OCH3 is 1. The Balaban J connectivity index is 1.71. The predicted molar refractivity (Wildman–Crippen MR) is 130 cm³/mol.